The summed E-state index contributed by atoms with van der Waals surface area (Å²) in [6.45, 7) is 10.1. The summed E-state index contributed by atoms with van der Waals surface area (Å²) in [5.41, 5.74) is -0.297. The van der Waals surface area contributed by atoms with Crippen LogP contribution >= 0.6 is 7.60 Å². The van der Waals surface area contributed by atoms with E-state index < -0.39 is 42.8 Å². The molecule has 2 rings (SSSR count). The van der Waals surface area contributed by atoms with Crippen LogP contribution in [0.4, 0.5) is 9.18 Å². The van der Waals surface area contributed by atoms with Crippen LogP contribution in [0.3, 0.4) is 0 Å². The first-order chi connectivity index (χ1) is 17.1. The maximum absolute atomic E-state index is 15.6. The molecule has 0 spiro atoms. The summed E-state index contributed by atoms with van der Waals surface area (Å²) in [4.78, 5) is 24.5. The zero-order chi connectivity index (χ0) is 27.9. The molecular weight excluding hydrogens is 500 g/mol. The Kier molecular flexibility index (Phi) is 10.4. The molecule has 2 aromatic rings. The first-order valence-corrected chi connectivity index (χ1v) is 13.5. The van der Waals surface area contributed by atoms with E-state index in [4.69, 9.17) is 18.5 Å². The number of hydrogen-bond acceptors (Lipinski definition) is 7. The van der Waals surface area contributed by atoms with Gasteiger partial charge in [-0.05, 0) is 58.2 Å². The number of methoxy groups -OCH3 is 1. The second kappa shape index (κ2) is 12.7. The van der Waals surface area contributed by atoms with Crippen molar-refractivity contribution >= 4 is 19.7 Å². The van der Waals surface area contributed by atoms with Gasteiger partial charge in [-0.1, -0.05) is 54.6 Å². The third-order valence-corrected chi connectivity index (χ3v) is 7.22. The minimum atomic E-state index is -4.20. The summed E-state index contributed by atoms with van der Waals surface area (Å²) in [6, 6.07) is 14.1. The van der Waals surface area contributed by atoms with E-state index >= 15 is 4.39 Å². The number of halogens is 1. The second-order valence-electron chi connectivity index (χ2n) is 10.5. The number of esters is 1. The Morgan fingerprint density at radius 3 is 1.92 bits per heavy atom. The third-order valence-electron chi connectivity index (χ3n) is 4.76. The molecule has 8 nitrogen and oxygen atoms in total. The Balaban J connectivity index is 2.13. The summed E-state index contributed by atoms with van der Waals surface area (Å²) in [6.07, 6.45) is -0.710. The Bertz CT molecular complexity index is 1060. The SMILES string of the molecule is COC(=O)[C@@H](Cc1ccc(C(F)P(=O)(OC(C)(C)C)OC(C)(C)C)cc1)NC(=O)OCc1ccccc1. The lowest BCUT2D eigenvalue weighted by Crippen LogP contribution is -2.43. The van der Waals surface area contributed by atoms with Gasteiger partial charge in [-0.2, -0.15) is 0 Å². The van der Waals surface area contributed by atoms with Gasteiger partial charge in [-0.15, -0.1) is 0 Å². The van der Waals surface area contributed by atoms with E-state index in [1.54, 1.807) is 53.7 Å². The molecule has 37 heavy (non-hydrogen) atoms. The van der Waals surface area contributed by atoms with Crippen LogP contribution in [-0.4, -0.2) is 36.4 Å². The first kappa shape index (κ1) is 30.5. The quantitative estimate of drug-likeness (QED) is 0.273. The first-order valence-electron chi connectivity index (χ1n) is 11.9. The van der Waals surface area contributed by atoms with Crippen LogP contribution in [-0.2, 0) is 40.9 Å². The monoisotopic (exact) mass is 537 g/mol. The number of ether oxygens (including phenoxy) is 2. The maximum atomic E-state index is 15.6. The van der Waals surface area contributed by atoms with Crippen molar-refractivity contribution in [3.8, 4) is 0 Å². The van der Waals surface area contributed by atoms with Gasteiger partial charge in [-0.3, -0.25) is 4.57 Å². The van der Waals surface area contributed by atoms with E-state index in [1.807, 2.05) is 30.3 Å². The molecule has 1 N–H and O–H groups in total. The summed E-state index contributed by atoms with van der Waals surface area (Å²) in [5, 5.41) is 2.51. The average molecular weight is 538 g/mol. The third kappa shape index (κ3) is 10.3. The fourth-order valence-electron chi connectivity index (χ4n) is 3.35. The molecule has 0 aliphatic rings. The number of benzene rings is 2. The second-order valence-corrected chi connectivity index (χ2v) is 12.4. The highest BCUT2D eigenvalue weighted by atomic mass is 31.2. The summed E-state index contributed by atoms with van der Waals surface area (Å²) < 4.78 is 50.2. The molecular formula is C27H37FNO7P. The van der Waals surface area contributed by atoms with Crippen LogP contribution in [0.2, 0.25) is 0 Å². The van der Waals surface area contributed by atoms with Crippen LogP contribution in [0.25, 0.3) is 0 Å². The van der Waals surface area contributed by atoms with Crippen LogP contribution < -0.4 is 5.32 Å². The molecule has 1 amide bonds. The Labute approximate surface area is 218 Å². The van der Waals surface area contributed by atoms with Crippen LogP contribution in [0.1, 0.15) is 64.1 Å². The zero-order valence-corrected chi connectivity index (χ0v) is 23.3. The molecule has 0 saturated carbocycles. The molecule has 0 saturated heterocycles. The van der Waals surface area contributed by atoms with Crippen LogP contribution in [0.5, 0.6) is 0 Å². The van der Waals surface area contributed by atoms with E-state index in [0.29, 0.717) is 5.56 Å². The van der Waals surface area contributed by atoms with Crippen molar-refractivity contribution in [2.24, 2.45) is 0 Å². The molecule has 2 atom stereocenters. The van der Waals surface area contributed by atoms with Gasteiger partial charge in [0, 0.05) is 6.42 Å². The molecule has 0 aliphatic carbocycles. The van der Waals surface area contributed by atoms with Gasteiger partial charge in [0.25, 0.3) is 0 Å². The van der Waals surface area contributed by atoms with E-state index in [9.17, 15) is 14.2 Å². The summed E-state index contributed by atoms with van der Waals surface area (Å²) in [5.74, 6) is -2.69. The van der Waals surface area contributed by atoms with Crippen LogP contribution in [0.15, 0.2) is 54.6 Å². The van der Waals surface area contributed by atoms with Crippen molar-refractivity contribution in [2.75, 3.05) is 7.11 Å². The normalized spacial score (nSPS) is 13.9. The highest BCUT2D eigenvalue weighted by Crippen LogP contribution is 2.65. The standard InChI is InChI=1S/C27H37FNO7P/c1-26(2,3)35-37(32,36-27(4,5)6)23(28)21-15-13-19(14-16-21)17-22(24(30)33-7)29-25(31)34-18-20-11-9-8-10-12-20/h8-16,22-23H,17-18H2,1-7H3,(H,29,31)/t22-,23?/m1/s1. The number of alkyl carbamates (subject to hydrolysis) is 1. The maximum Gasteiger partial charge on any atom is 0.408 e. The lowest BCUT2D eigenvalue weighted by Gasteiger charge is -2.33. The number of nitrogens with one attached hydrogen (secondary N) is 1. The smallest absolute Gasteiger partial charge is 0.408 e. The predicted octanol–water partition coefficient (Wildman–Crippen LogP) is 6.49. The van der Waals surface area contributed by atoms with Gasteiger partial charge in [0.1, 0.15) is 12.6 Å². The zero-order valence-electron chi connectivity index (χ0n) is 22.4. The number of carbonyl (C=O) groups excluding carboxylic acids is 2. The topological polar surface area (TPSA) is 100 Å². The van der Waals surface area contributed by atoms with Gasteiger partial charge in [0.05, 0.1) is 18.3 Å². The van der Waals surface area contributed by atoms with E-state index in [2.05, 4.69) is 5.32 Å². The molecule has 2 aromatic carbocycles. The van der Waals surface area contributed by atoms with Crippen molar-refractivity contribution in [1.29, 1.82) is 0 Å². The van der Waals surface area contributed by atoms with E-state index in [0.717, 1.165) is 5.56 Å². The van der Waals surface area contributed by atoms with Crippen molar-refractivity contribution < 1.29 is 37.1 Å². The molecule has 0 fully saturated rings. The molecule has 0 heterocycles. The predicted molar refractivity (Wildman–Crippen MR) is 139 cm³/mol. The molecule has 0 aliphatic heterocycles. The van der Waals surface area contributed by atoms with Crippen LogP contribution in [0, 0.1) is 0 Å². The highest BCUT2D eigenvalue weighted by molar-refractivity contribution is 7.54. The fraction of sp³-hybridized carbons (Fsp3) is 0.481. The number of amides is 1. The average Bonchev–Trinajstić information content (AvgIpc) is 2.80. The van der Waals surface area contributed by atoms with Gasteiger partial charge in [0.2, 0.25) is 5.91 Å². The largest absolute Gasteiger partial charge is 0.467 e. The number of alkyl halides is 1. The molecule has 10 heteroatoms. The fourth-order valence-corrected chi connectivity index (χ4v) is 5.63. The molecule has 0 radical (unpaired) electrons. The lowest BCUT2D eigenvalue weighted by molar-refractivity contribution is -0.143. The van der Waals surface area contributed by atoms with E-state index in [1.165, 1.54) is 19.2 Å². The molecule has 0 aromatic heterocycles. The van der Waals surface area contributed by atoms with E-state index in [-0.39, 0.29) is 18.6 Å². The van der Waals surface area contributed by atoms with Crippen molar-refractivity contribution in [2.45, 2.75) is 77.7 Å². The minimum Gasteiger partial charge on any atom is -0.467 e. The van der Waals surface area contributed by atoms with Gasteiger partial charge >= 0.3 is 19.7 Å². The Morgan fingerprint density at radius 1 is 0.892 bits per heavy atom. The number of rotatable bonds is 10. The van der Waals surface area contributed by atoms with Gasteiger partial charge < -0.3 is 23.8 Å². The Hall–Kier alpha value is -2.74. The van der Waals surface area contributed by atoms with Gasteiger partial charge in [0.15, 0.2) is 0 Å². The number of hydrogen-bond donors (Lipinski definition) is 1. The van der Waals surface area contributed by atoms with Crippen molar-refractivity contribution in [1.82, 2.24) is 5.32 Å². The summed E-state index contributed by atoms with van der Waals surface area (Å²) >= 11 is 0. The van der Waals surface area contributed by atoms with Gasteiger partial charge in [-0.25, -0.2) is 14.0 Å². The highest BCUT2D eigenvalue weighted by Gasteiger charge is 2.44. The minimum absolute atomic E-state index is 0.0421. The van der Waals surface area contributed by atoms with Crippen molar-refractivity contribution in [3.05, 3.63) is 71.3 Å². The molecule has 0 bridgehead atoms. The number of carbonyl (C=O) groups is 2. The lowest BCUT2D eigenvalue weighted by atomic mass is 10.0. The molecule has 1 unspecified atom stereocenters. The summed E-state index contributed by atoms with van der Waals surface area (Å²) in [7, 11) is -2.99. The van der Waals surface area contributed by atoms with Crippen molar-refractivity contribution in [3.63, 3.8) is 0 Å². The Morgan fingerprint density at radius 2 is 1.43 bits per heavy atom. The molecule has 204 valence electrons.